The molecule has 0 aromatic carbocycles. The van der Waals surface area contributed by atoms with Crippen molar-refractivity contribution in [2.45, 2.75) is 26.4 Å². The Hall–Kier alpha value is -1.33. The number of ether oxygens (including phenoxy) is 1. The summed E-state index contributed by atoms with van der Waals surface area (Å²) < 4.78 is 4.60. The smallest absolute Gasteiger partial charge is 0.354 e. The second-order valence-corrected chi connectivity index (χ2v) is 4.30. The van der Waals surface area contributed by atoms with Crippen LogP contribution in [-0.2, 0) is 11.3 Å². The lowest BCUT2D eigenvalue weighted by atomic mass is 10.1. The van der Waals surface area contributed by atoms with Gasteiger partial charge in [-0.1, -0.05) is 13.8 Å². The van der Waals surface area contributed by atoms with Gasteiger partial charge in [0.2, 0.25) is 0 Å². The molecule has 1 aromatic rings. The first-order valence-corrected chi connectivity index (χ1v) is 5.69. The van der Waals surface area contributed by atoms with E-state index in [2.05, 4.69) is 15.0 Å². The van der Waals surface area contributed by atoms with Gasteiger partial charge in [0.1, 0.15) is 5.69 Å². The zero-order valence-electron chi connectivity index (χ0n) is 10.5. The summed E-state index contributed by atoms with van der Waals surface area (Å²) >= 11 is 0. The molecule has 0 fully saturated rings. The number of hydrogen-bond donors (Lipinski definition) is 3. The van der Waals surface area contributed by atoms with E-state index in [9.17, 15) is 4.79 Å². The first-order valence-electron chi connectivity index (χ1n) is 5.69. The number of carbonyl (C=O) groups is 1. The average molecular weight is 240 g/mol. The Kier molecular flexibility index (Phi) is 5.18. The summed E-state index contributed by atoms with van der Waals surface area (Å²) in [4.78, 5) is 14.2. The number of esters is 1. The van der Waals surface area contributed by atoms with Gasteiger partial charge in [-0.15, -0.1) is 0 Å². The van der Waals surface area contributed by atoms with E-state index in [1.165, 1.54) is 7.11 Å². The molecule has 3 N–H and O–H groups in total. The van der Waals surface area contributed by atoms with Gasteiger partial charge in [-0.25, -0.2) is 4.79 Å². The van der Waals surface area contributed by atoms with Crippen LogP contribution in [0.2, 0.25) is 0 Å². The molecule has 0 aliphatic carbocycles. The number of aliphatic hydroxyl groups is 1. The van der Waals surface area contributed by atoms with E-state index in [4.69, 9.17) is 5.11 Å². The van der Waals surface area contributed by atoms with Gasteiger partial charge < -0.3 is 20.1 Å². The third kappa shape index (κ3) is 3.87. The monoisotopic (exact) mass is 240 g/mol. The lowest BCUT2D eigenvalue weighted by Crippen LogP contribution is -2.36. The molecule has 17 heavy (non-hydrogen) atoms. The Morgan fingerprint density at radius 2 is 2.24 bits per heavy atom. The number of nitrogens with one attached hydrogen (secondary N) is 2. The van der Waals surface area contributed by atoms with Crippen LogP contribution in [-0.4, -0.2) is 35.8 Å². The number of methoxy groups -OCH3 is 1. The van der Waals surface area contributed by atoms with E-state index in [1.54, 1.807) is 6.07 Å². The molecule has 0 aliphatic rings. The Bertz CT molecular complexity index is 360. The van der Waals surface area contributed by atoms with Crippen molar-refractivity contribution in [1.82, 2.24) is 10.3 Å². The minimum absolute atomic E-state index is 0.0554. The lowest BCUT2D eigenvalue weighted by Gasteiger charge is -2.19. The number of aromatic nitrogens is 1. The van der Waals surface area contributed by atoms with Crippen molar-refractivity contribution in [2.24, 2.45) is 5.92 Å². The number of hydrogen-bond acceptors (Lipinski definition) is 4. The molecule has 5 heteroatoms. The minimum atomic E-state index is -0.376. The zero-order chi connectivity index (χ0) is 12.8. The van der Waals surface area contributed by atoms with Crippen molar-refractivity contribution in [1.29, 1.82) is 0 Å². The Labute approximate surface area is 101 Å². The predicted molar refractivity (Wildman–Crippen MR) is 64.7 cm³/mol. The maximum Gasteiger partial charge on any atom is 0.354 e. The van der Waals surface area contributed by atoms with Crippen LogP contribution in [0.15, 0.2) is 12.1 Å². The third-order valence-electron chi connectivity index (χ3n) is 2.71. The van der Waals surface area contributed by atoms with Crippen LogP contribution in [0.3, 0.4) is 0 Å². The molecule has 96 valence electrons. The number of aromatic amines is 1. The first-order chi connectivity index (χ1) is 8.08. The van der Waals surface area contributed by atoms with E-state index in [-0.39, 0.29) is 18.6 Å². The second kappa shape index (κ2) is 6.42. The Morgan fingerprint density at radius 3 is 2.76 bits per heavy atom. The average Bonchev–Trinajstić information content (AvgIpc) is 2.77. The van der Waals surface area contributed by atoms with Crippen molar-refractivity contribution in [3.63, 3.8) is 0 Å². The van der Waals surface area contributed by atoms with Crippen molar-refractivity contribution in [3.8, 4) is 0 Å². The minimum Gasteiger partial charge on any atom is -0.464 e. The molecule has 0 bridgehead atoms. The van der Waals surface area contributed by atoms with E-state index >= 15 is 0 Å². The summed E-state index contributed by atoms with van der Waals surface area (Å²) in [5.41, 5.74) is 1.33. The molecule has 0 spiro atoms. The van der Waals surface area contributed by atoms with E-state index < -0.39 is 0 Å². The first kappa shape index (κ1) is 13.7. The topological polar surface area (TPSA) is 74.3 Å². The highest BCUT2D eigenvalue weighted by atomic mass is 16.5. The standard InChI is InChI=1S/C12H20N2O3/c1-8(2)11(7-15)13-6-9-4-5-10(14-9)12(16)17-3/h4-5,8,11,13-15H,6-7H2,1-3H3/t11-/m1/s1. The van der Waals surface area contributed by atoms with Crippen LogP contribution >= 0.6 is 0 Å². The third-order valence-corrected chi connectivity index (χ3v) is 2.71. The lowest BCUT2D eigenvalue weighted by molar-refractivity contribution is 0.0594. The molecule has 1 rings (SSSR count). The van der Waals surface area contributed by atoms with Gasteiger partial charge in [-0.2, -0.15) is 0 Å². The number of H-pyrrole nitrogens is 1. The summed E-state index contributed by atoms with van der Waals surface area (Å²) in [7, 11) is 1.35. The fourth-order valence-electron chi connectivity index (χ4n) is 1.52. The van der Waals surface area contributed by atoms with Crippen molar-refractivity contribution in [3.05, 3.63) is 23.5 Å². The summed E-state index contributed by atoms with van der Waals surface area (Å²) in [5.74, 6) is -0.0196. The summed E-state index contributed by atoms with van der Waals surface area (Å²) in [6, 6.07) is 3.57. The van der Waals surface area contributed by atoms with Crippen LogP contribution in [0.5, 0.6) is 0 Å². The number of rotatable bonds is 6. The highest BCUT2D eigenvalue weighted by Gasteiger charge is 2.12. The molecule has 0 aliphatic heterocycles. The van der Waals surface area contributed by atoms with Crippen LogP contribution < -0.4 is 5.32 Å². The van der Waals surface area contributed by atoms with Crippen LogP contribution in [0, 0.1) is 5.92 Å². The van der Waals surface area contributed by atoms with Gasteiger partial charge in [0.15, 0.2) is 0 Å². The van der Waals surface area contributed by atoms with Crippen LogP contribution in [0.1, 0.15) is 30.0 Å². The second-order valence-electron chi connectivity index (χ2n) is 4.30. The van der Waals surface area contributed by atoms with E-state index in [0.717, 1.165) is 5.69 Å². The number of carbonyl (C=O) groups excluding carboxylic acids is 1. The van der Waals surface area contributed by atoms with Gasteiger partial charge >= 0.3 is 5.97 Å². The van der Waals surface area contributed by atoms with Crippen LogP contribution in [0.25, 0.3) is 0 Å². The molecular formula is C12H20N2O3. The fraction of sp³-hybridized carbons (Fsp3) is 0.583. The summed E-state index contributed by atoms with van der Waals surface area (Å²) in [6.45, 7) is 4.77. The fourth-order valence-corrected chi connectivity index (χ4v) is 1.52. The van der Waals surface area contributed by atoms with Gasteiger partial charge in [0.25, 0.3) is 0 Å². The highest BCUT2D eigenvalue weighted by Crippen LogP contribution is 2.05. The van der Waals surface area contributed by atoms with E-state index in [0.29, 0.717) is 18.2 Å². The predicted octanol–water partition coefficient (Wildman–Crippen LogP) is 0.908. The Morgan fingerprint density at radius 1 is 1.53 bits per heavy atom. The van der Waals surface area contributed by atoms with Crippen LogP contribution in [0.4, 0.5) is 0 Å². The zero-order valence-corrected chi connectivity index (χ0v) is 10.5. The van der Waals surface area contributed by atoms with Crippen molar-refractivity contribution < 1.29 is 14.6 Å². The molecule has 1 heterocycles. The Balaban J connectivity index is 2.52. The highest BCUT2D eigenvalue weighted by molar-refractivity contribution is 5.87. The SMILES string of the molecule is COC(=O)c1ccc(CN[C@H](CO)C(C)C)[nH]1. The van der Waals surface area contributed by atoms with E-state index in [1.807, 2.05) is 19.9 Å². The molecule has 0 saturated heterocycles. The normalized spacial score (nSPS) is 12.8. The molecular weight excluding hydrogens is 220 g/mol. The maximum atomic E-state index is 11.2. The molecule has 1 atom stereocenters. The van der Waals surface area contributed by atoms with Gasteiger partial charge in [-0.3, -0.25) is 0 Å². The van der Waals surface area contributed by atoms with Gasteiger partial charge in [0, 0.05) is 18.3 Å². The molecule has 5 nitrogen and oxygen atoms in total. The largest absolute Gasteiger partial charge is 0.464 e. The molecule has 0 saturated carbocycles. The van der Waals surface area contributed by atoms with Crippen molar-refractivity contribution >= 4 is 5.97 Å². The molecule has 0 amide bonds. The van der Waals surface area contributed by atoms with Gasteiger partial charge in [-0.05, 0) is 18.1 Å². The van der Waals surface area contributed by atoms with Crippen molar-refractivity contribution in [2.75, 3.05) is 13.7 Å². The summed E-state index contributed by atoms with van der Waals surface area (Å²) in [6.07, 6.45) is 0. The molecule has 0 unspecified atom stereocenters. The van der Waals surface area contributed by atoms with Gasteiger partial charge in [0.05, 0.1) is 13.7 Å². The quantitative estimate of drug-likeness (QED) is 0.646. The summed E-state index contributed by atoms with van der Waals surface area (Å²) in [5, 5.41) is 12.4. The number of aliphatic hydroxyl groups excluding tert-OH is 1. The maximum absolute atomic E-state index is 11.2. The molecule has 0 radical (unpaired) electrons. The molecule has 1 aromatic heterocycles.